The first-order valence-corrected chi connectivity index (χ1v) is 7.25. The number of carbonyl (C=O) groups is 2. The molecule has 0 radical (unpaired) electrons. The Kier molecular flexibility index (Phi) is 5.17. The number of hydrogen-bond donors (Lipinski definition) is 2. The second kappa shape index (κ2) is 7.09. The zero-order valence-electron chi connectivity index (χ0n) is 12.4. The number of anilines is 1. The van der Waals surface area contributed by atoms with Gasteiger partial charge in [-0.2, -0.15) is 0 Å². The maximum Gasteiger partial charge on any atom is 0.251 e. The fraction of sp³-hybridized carbons (Fsp3) is 0.176. The molecular weight excluding hydrogens is 300 g/mol. The van der Waals surface area contributed by atoms with Crippen LogP contribution in [-0.4, -0.2) is 18.9 Å². The van der Waals surface area contributed by atoms with Crippen molar-refractivity contribution in [3.8, 4) is 0 Å². The highest BCUT2D eigenvalue weighted by Crippen LogP contribution is 2.19. The smallest absolute Gasteiger partial charge is 0.251 e. The van der Waals surface area contributed by atoms with E-state index in [4.69, 9.17) is 11.6 Å². The van der Waals surface area contributed by atoms with Crippen molar-refractivity contribution in [1.29, 1.82) is 0 Å². The van der Waals surface area contributed by atoms with Gasteiger partial charge in [-0.1, -0.05) is 35.9 Å². The molecule has 114 valence electrons. The molecule has 0 unspecified atom stereocenters. The van der Waals surface area contributed by atoms with Crippen LogP contribution in [0.2, 0.25) is 5.02 Å². The summed E-state index contributed by atoms with van der Waals surface area (Å²) in [5, 5.41) is 5.95. The Hall–Kier alpha value is -2.33. The van der Waals surface area contributed by atoms with Gasteiger partial charge in [-0.25, -0.2) is 0 Å². The number of rotatable bonds is 4. The lowest BCUT2D eigenvalue weighted by molar-refractivity contribution is -0.115. The quantitative estimate of drug-likeness (QED) is 0.910. The van der Waals surface area contributed by atoms with Crippen LogP contribution in [0.1, 0.15) is 21.5 Å². The van der Waals surface area contributed by atoms with Crippen LogP contribution in [0, 0.1) is 6.92 Å². The first-order chi connectivity index (χ1) is 10.5. The third-order valence-electron chi connectivity index (χ3n) is 3.31. The first kappa shape index (κ1) is 16.0. The second-order valence-electron chi connectivity index (χ2n) is 4.93. The Labute approximate surface area is 134 Å². The Bertz CT molecular complexity index is 714. The summed E-state index contributed by atoms with van der Waals surface area (Å²) in [5.74, 6) is -0.369. The zero-order valence-corrected chi connectivity index (χ0v) is 13.2. The van der Waals surface area contributed by atoms with Gasteiger partial charge >= 0.3 is 0 Å². The van der Waals surface area contributed by atoms with Gasteiger partial charge in [-0.05, 0) is 36.2 Å². The molecule has 0 aromatic heterocycles. The second-order valence-corrected chi connectivity index (χ2v) is 5.33. The standard InChI is InChI=1S/C17H17ClN2O2/c1-11-7-8-13(17(22)19-2)9-15(11)20-16(21)10-12-5-3-4-6-14(12)18/h3-9H,10H2,1-2H3,(H,19,22)(H,20,21). The number of nitrogens with one attached hydrogen (secondary N) is 2. The Morgan fingerprint density at radius 1 is 1.14 bits per heavy atom. The summed E-state index contributed by atoms with van der Waals surface area (Å²) in [4.78, 5) is 23.8. The summed E-state index contributed by atoms with van der Waals surface area (Å²) in [7, 11) is 1.57. The molecule has 0 aliphatic rings. The molecule has 0 spiro atoms. The van der Waals surface area contributed by atoms with Gasteiger partial charge in [0, 0.05) is 23.3 Å². The highest BCUT2D eigenvalue weighted by atomic mass is 35.5. The molecule has 0 saturated heterocycles. The van der Waals surface area contributed by atoms with Crippen LogP contribution < -0.4 is 10.6 Å². The maximum absolute atomic E-state index is 12.2. The van der Waals surface area contributed by atoms with E-state index in [9.17, 15) is 9.59 Å². The van der Waals surface area contributed by atoms with Gasteiger partial charge in [0.05, 0.1) is 6.42 Å². The normalized spacial score (nSPS) is 10.1. The highest BCUT2D eigenvalue weighted by molar-refractivity contribution is 6.31. The van der Waals surface area contributed by atoms with Gasteiger partial charge in [0.15, 0.2) is 0 Å². The minimum atomic E-state index is -0.193. The molecule has 2 rings (SSSR count). The van der Waals surface area contributed by atoms with Crippen molar-refractivity contribution in [3.05, 3.63) is 64.2 Å². The summed E-state index contributed by atoms with van der Waals surface area (Å²) in [6, 6.07) is 12.4. The van der Waals surface area contributed by atoms with Crippen LogP contribution in [-0.2, 0) is 11.2 Å². The maximum atomic E-state index is 12.2. The molecule has 2 amide bonds. The molecule has 0 atom stereocenters. The minimum Gasteiger partial charge on any atom is -0.355 e. The molecule has 0 aliphatic heterocycles. The van der Waals surface area contributed by atoms with E-state index in [1.54, 1.807) is 31.3 Å². The van der Waals surface area contributed by atoms with Crippen molar-refractivity contribution in [1.82, 2.24) is 5.32 Å². The van der Waals surface area contributed by atoms with Crippen molar-refractivity contribution < 1.29 is 9.59 Å². The fourth-order valence-corrected chi connectivity index (χ4v) is 2.25. The largest absolute Gasteiger partial charge is 0.355 e. The predicted molar refractivity (Wildman–Crippen MR) is 88.4 cm³/mol. The Balaban J connectivity index is 2.14. The molecule has 2 aromatic carbocycles. The van der Waals surface area contributed by atoms with E-state index in [-0.39, 0.29) is 18.2 Å². The van der Waals surface area contributed by atoms with Crippen molar-refractivity contribution in [2.45, 2.75) is 13.3 Å². The molecule has 2 aromatic rings. The third kappa shape index (κ3) is 3.86. The van der Waals surface area contributed by atoms with Crippen molar-refractivity contribution in [2.24, 2.45) is 0 Å². The van der Waals surface area contributed by atoms with Gasteiger partial charge in [0.2, 0.25) is 5.91 Å². The SMILES string of the molecule is CNC(=O)c1ccc(C)c(NC(=O)Cc2ccccc2Cl)c1. The van der Waals surface area contributed by atoms with Crippen LogP contribution in [0.25, 0.3) is 0 Å². The zero-order chi connectivity index (χ0) is 16.1. The molecule has 22 heavy (non-hydrogen) atoms. The minimum absolute atomic E-state index is 0.176. The van der Waals surface area contributed by atoms with E-state index in [0.29, 0.717) is 16.3 Å². The van der Waals surface area contributed by atoms with Gasteiger partial charge in [-0.15, -0.1) is 0 Å². The van der Waals surface area contributed by atoms with Crippen LogP contribution in [0.15, 0.2) is 42.5 Å². The molecule has 2 N–H and O–H groups in total. The van der Waals surface area contributed by atoms with Crippen LogP contribution in [0.3, 0.4) is 0 Å². The van der Waals surface area contributed by atoms with E-state index in [1.165, 1.54) is 0 Å². The summed E-state index contributed by atoms with van der Waals surface area (Å²) < 4.78 is 0. The van der Waals surface area contributed by atoms with E-state index in [0.717, 1.165) is 11.1 Å². The lowest BCUT2D eigenvalue weighted by Gasteiger charge is -2.11. The predicted octanol–water partition coefficient (Wildman–Crippen LogP) is 3.19. The molecule has 0 bridgehead atoms. The van der Waals surface area contributed by atoms with E-state index in [1.807, 2.05) is 25.1 Å². The highest BCUT2D eigenvalue weighted by Gasteiger charge is 2.11. The average Bonchev–Trinajstić information content (AvgIpc) is 2.51. The summed E-state index contributed by atoms with van der Waals surface area (Å²) >= 11 is 6.06. The molecule has 0 heterocycles. The van der Waals surface area contributed by atoms with Crippen molar-refractivity contribution in [3.63, 3.8) is 0 Å². The number of aryl methyl sites for hydroxylation is 1. The third-order valence-corrected chi connectivity index (χ3v) is 3.68. The number of amides is 2. The molecular formula is C17H17ClN2O2. The van der Waals surface area contributed by atoms with Gasteiger partial charge in [-0.3, -0.25) is 9.59 Å². The monoisotopic (exact) mass is 316 g/mol. The van der Waals surface area contributed by atoms with Gasteiger partial charge in [0.1, 0.15) is 0 Å². The molecule has 0 fully saturated rings. The van der Waals surface area contributed by atoms with Gasteiger partial charge < -0.3 is 10.6 Å². The van der Waals surface area contributed by atoms with Crippen LogP contribution in [0.5, 0.6) is 0 Å². The number of carbonyl (C=O) groups excluding carboxylic acids is 2. The summed E-state index contributed by atoms with van der Waals surface area (Å²) in [6.45, 7) is 1.87. The number of hydrogen-bond acceptors (Lipinski definition) is 2. The summed E-state index contributed by atoms with van der Waals surface area (Å²) in [5.41, 5.74) is 2.78. The van der Waals surface area contributed by atoms with E-state index >= 15 is 0 Å². The van der Waals surface area contributed by atoms with E-state index in [2.05, 4.69) is 10.6 Å². The summed E-state index contributed by atoms with van der Waals surface area (Å²) in [6.07, 6.45) is 0.184. The lowest BCUT2D eigenvalue weighted by Crippen LogP contribution is -2.19. The lowest BCUT2D eigenvalue weighted by atomic mass is 10.1. The molecule has 0 saturated carbocycles. The Morgan fingerprint density at radius 3 is 2.55 bits per heavy atom. The van der Waals surface area contributed by atoms with E-state index < -0.39 is 0 Å². The average molecular weight is 317 g/mol. The van der Waals surface area contributed by atoms with Gasteiger partial charge in [0.25, 0.3) is 5.91 Å². The van der Waals surface area contributed by atoms with Crippen LogP contribution >= 0.6 is 11.6 Å². The molecule has 0 aliphatic carbocycles. The fourth-order valence-electron chi connectivity index (χ4n) is 2.05. The molecule has 5 heteroatoms. The van der Waals surface area contributed by atoms with Crippen molar-refractivity contribution in [2.75, 3.05) is 12.4 Å². The first-order valence-electron chi connectivity index (χ1n) is 6.87. The molecule has 4 nitrogen and oxygen atoms in total. The number of halogens is 1. The Morgan fingerprint density at radius 2 is 1.86 bits per heavy atom. The topological polar surface area (TPSA) is 58.2 Å². The van der Waals surface area contributed by atoms with Crippen LogP contribution in [0.4, 0.5) is 5.69 Å². The number of benzene rings is 2. The van der Waals surface area contributed by atoms with Crippen molar-refractivity contribution >= 4 is 29.1 Å².